The Morgan fingerprint density at radius 3 is 0.923 bits per heavy atom. The van der Waals surface area contributed by atoms with Crippen LogP contribution in [0.1, 0.15) is 13.8 Å². The average Bonchev–Trinajstić information content (AvgIpc) is 2.27. The summed E-state index contributed by atoms with van der Waals surface area (Å²) in [5, 5.41) is 0. The lowest BCUT2D eigenvalue weighted by molar-refractivity contribution is -0.375. The third-order valence-corrected chi connectivity index (χ3v) is 3.74. The van der Waals surface area contributed by atoms with Crippen molar-refractivity contribution < 1.29 is 62.2 Å². The molecular formula is C12H12F12O2. The summed E-state index contributed by atoms with van der Waals surface area (Å²) >= 11 is 0. The summed E-state index contributed by atoms with van der Waals surface area (Å²) in [5.74, 6) is -8.63. The lowest BCUT2D eigenvalue weighted by atomic mass is 9.90. The van der Waals surface area contributed by atoms with Crippen molar-refractivity contribution in [1.82, 2.24) is 0 Å². The molecule has 1 rings (SSSR count). The molecule has 0 aromatic rings. The molecule has 0 aliphatic carbocycles. The van der Waals surface area contributed by atoms with Gasteiger partial charge in [-0.15, -0.1) is 0 Å². The normalized spacial score (nSPS) is 29.5. The molecule has 1 heterocycles. The van der Waals surface area contributed by atoms with Gasteiger partial charge in [0.2, 0.25) is 0 Å². The van der Waals surface area contributed by atoms with Gasteiger partial charge in [-0.25, -0.2) is 0 Å². The first-order valence-electron chi connectivity index (χ1n) is 6.85. The minimum Gasteiger partial charge on any atom is -0.370 e. The molecule has 1 aliphatic rings. The first-order chi connectivity index (χ1) is 11.3. The Morgan fingerprint density at radius 2 is 0.731 bits per heavy atom. The lowest BCUT2D eigenvalue weighted by Crippen LogP contribution is -2.61. The zero-order valence-electron chi connectivity index (χ0n) is 12.8. The highest BCUT2D eigenvalue weighted by Gasteiger charge is 2.67. The molecule has 156 valence electrons. The number of halogens is 12. The van der Waals surface area contributed by atoms with E-state index in [2.05, 4.69) is 9.47 Å². The molecule has 1 saturated heterocycles. The smallest absolute Gasteiger partial charge is 0.370 e. The second kappa shape index (κ2) is 6.91. The molecule has 1 fully saturated rings. The minimum absolute atomic E-state index is 0.637. The molecular weight excluding hydrogens is 404 g/mol. The van der Waals surface area contributed by atoms with Crippen LogP contribution in [0.3, 0.4) is 0 Å². The van der Waals surface area contributed by atoms with E-state index in [1.165, 1.54) is 0 Å². The summed E-state index contributed by atoms with van der Waals surface area (Å²) in [4.78, 5) is 0. The van der Waals surface area contributed by atoms with Gasteiger partial charge < -0.3 is 9.47 Å². The summed E-state index contributed by atoms with van der Waals surface area (Å²) in [6.45, 7) is 1.27. The standard InChI is InChI=1S/C12H12F12O2/c1-3-5(7(9(13,14)15)10(16,17)18)26-6(4(2)25-3)8(11(19,20)21)12(22,23)24/h3-8H,1-2H3/t3-,4-,5-,6+/m1/s1. The second-order valence-corrected chi connectivity index (χ2v) is 5.73. The SMILES string of the molecule is C[C@H]1O[C@H](C)[C@H](C(C(F)(F)F)C(F)(F)F)O[C@@H]1C(C(F)(F)F)C(F)(F)F. The molecule has 14 heteroatoms. The molecule has 4 atom stereocenters. The van der Waals surface area contributed by atoms with Gasteiger partial charge in [-0.3, -0.25) is 0 Å². The van der Waals surface area contributed by atoms with Crippen LogP contribution in [0.15, 0.2) is 0 Å². The Balaban J connectivity index is 3.35. The number of alkyl halides is 12. The zero-order chi connectivity index (χ0) is 20.9. The predicted molar refractivity (Wildman–Crippen MR) is 59.9 cm³/mol. The van der Waals surface area contributed by atoms with E-state index in [1.807, 2.05) is 0 Å². The summed E-state index contributed by atoms with van der Waals surface area (Å²) in [7, 11) is 0. The Bertz CT molecular complexity index is 407. The summed E-state index contributed by atoms with van der Waals surface area (Å²) in [5.41, 5.74) is 0. The van der Waals surface area contributed by atoms with Crippen LogP contribution < -0.4 is 0 Å². The first-order valence-corrected chi connectivity index (χ1v) is 6.85. The molecule has 0 bridgehead atoms. The number of rotatable bonds is 2. The van der Waals surface area contributed by atoms with E-state index in [4.69, 9.17) is 0 Å². The van der Waals surface area contributed by atoms with E-state index in [0.29, 0.717) is 13.8 Å². The largest absolute Gasteiger partial charge is 0.403 e. The van der Waals surface area contributed by atoms with Gasteiger partial charge in [0.05, 0.1) is 12.2 Å². The summed E-state index contributed by atoms with van der Waals surface area (Å²) < 4.78 is 162. The fourth-order valence-corrected chi connectivity index (χ4v) is 2.71. The van der Waals surface area contributed by atoms with Crippen LogP contribution in [0.2, 0.25) is 0 Å². The Labute approximate surface area is 138 Å². The van der Waals surface area contributed by atoms with Crippen LogP contribution in [0.4, 0.5) is 52.7 Å². The van der Waals surface area contributed by atoms with E-state index in [9.17, 15) is 52.7 Å². The van der Waals surface area contributed by atoms with Gasteiger partial charge in [0.1, 0.15) is 12.2 Å². The van der Waals surface area contributed by atoms with Gasteiger partial charge >= 0.3 is 24.7 Å². The van der Waals surface area contributed by atoms with Crippen molar-refractivity contribution in [3.05, 3.63) is 0 Å². The van der Waals surface area contributed by atoms with E-state index >= 15 is 0 Å². The fraction of sp³-hybridized carbons (Fsp3) is 1.00. The highest BCUT2D eigenvalue weighted by molar-refractivity contribution is 4.95. The van der Waals surface area contributed by atoms with E-state index in [-0.39, 0.29) is 0 Å². The van der Waals surface area contributed by atoms with Crippen molar-refractivity contribution >= 4 is 0 Å². The average molecular weight is 416 g/mol. The summed E-state index contributed by atoms with van der Waals surface area (Å²) in [6, 6.07) is 0. The summed E-state index contributed by atoms with van der Waals surface area (Å²) in [6.07, 6.45) is -34.5. The van der Waals surface area contributed by atoms with Crippen molar-refractivity contribution in [2.24, 2.45) is 11.8 Å². The lowest BCUT2D eigenvalue weighted by Gasteiger charge is -2.45. The maximum absolute atomic E-state index is 12.8. The molecule has 2 nitrogen and oxygen atoms in total. The molecule has 0 aromatic carbocycles. The van der Waals surface area contributed by atoms with Gasteiger partial charge in [-0.05, 0) is 13.8 Å². The van der Waals surface area contributed by atoms with E-state index < -0.39 is 61.0 Å². The topological polar surface area (TPSA) is 18.5 Å². The molecule has 0 amide bonds. The van der Waals surface area contributed by atoms with Crippen LogP contribution in [0.5, 0.6) is 0 Å². The Morgan fingerprint density at radius 1 is 0.500 bits per heavy atom. The van der Waals surface area contributed by atoms with Crippen molar-refractivity contribution in [2.75, 3.05) is 0 Å². The molecule has 0 unspecified atom stereocenters. The van der Waals surface area contributed by atoms with Crippen molar-refractivity contribution in [3.63, 3.8) is 0 Å². The van der Waals surface area contributed by atoms with Crippen LogP contribution in [-0.4, -0.2) is 49.1 Å². The zero-order valence-corrected chi connectivity index (χ0v) is 12.8. The predicted octanol–water partition coefficient (Wildman–Crippen LogP) is 5.03. The second-order valence-electron chi connectivity index (χ2n) is 5.73. The molecule has 0 saturated carbocycles. The molecule has 0 aromatic heterocycles. The van der Waals surface area contributed by atoms with Crippen molar-refractivity contribution in [2.45, 2.75) is 63.0 Å². The molecule has 0 spiro atoms. The van der Waals surface area contributed by atoms with Crippen LogP contribution in [-0.2, 0) is 9.47 Å². The molecule has 1 aliphatic heterocycles. The van der Waals surface area contributed by atoms with Gasteiger partial charge in [0.25, 0.3) is 0 Å². The maximum Gasteiger partial charge on any atom is 0.403 e. The number of hydrogen-bond acceptors (Lipinski definition) is 2. The maximum atomic E-state index is 12.8. The minimum atomic E-state index is -6.03. The molecule has 0 N–H and O–H groups in total. The van der Waals surface area contributed by atoms with Crippen molar-refractivity contribution in [1.29, 1.82) is 0 Å². The molecule has 0 radical (unpaired) electrons. The van der Waals surface area contributed by atoms with Crippen molar-refractivity contribution in [3.8, 4) is 0 Å². The highest BCUT2D eigenvalue weighted by atomic mass is 19.4. The van der Waals surface area contributed by atoms with Gasteiger partial charge in [0.15, 0.2) is 11.8 Å². The number of ether oxygens (including phenoxy) is 2. The van der Waals surface area contributed by atoms with Gasteiger partial charge in [0, 0.05) is 0 Å². The molecule has 26 heavy (non-hydrogen) atoms. The van der Waals surface area contributed by atoms with Crippen LogP contribution in [0.25, 0.3) is 0 Å². The monoisotopic (exact) mass is 416 g/mol. The van der Waals surface area contributed by atoms with Gasteiger partial charge in [-0.1, -0.05) is 0 Å². The van der Waals surface area contributed by atoms with Crippen LogP contribution in [0, 0.1) is 11.8 Å². The van der Waals surface area contributed by atoms with Gasteiger partial charge in [-0.2, -0.15) is 52.7 Å². The number of hydrogen-bond donors (Lipinski definition) is 0. The quantitative estimate of drug-likeness (QED) is 0.588. The highest BCUT2D eigenvalue weighted by Crippen LogP contribution is 2.49. The van der Waals surface area contributed by atoms with E-state index in [1.54, 1.807) is 0 Å². The van der Waals surface area contributed by atoms with Crippen LogP contribution >= 0.6 is 0 Å². The third kappa shape index (κ3) is 5.08. The third-order valence-electron chi connectivity index (χ3n) is 3.74. The fourth-order valence-electron chi connectivity index (χ4n) is 2.71. The Hall–Kier alpha value is -0.920. The first kappa shape index (κ1) is 23.1. The Kier molecular flexibility index (Phi) is 6.15. The van der Waals surface area contributed by atoms with E-state index in [0.717, 1.165) is 0 Å².